The van der Waals surface area contributed by atoms with Crippen LogP contribution in [0.5, 0.6) is 0 Å². The Labute approximate surface area is 479 Å². The second-order valence-electron chi connectivity index (χ2n) is 23.6. The van der Waals surface area contributed by atoms with Gasteiger partial charge in [-0.3, -0.25) is 36.7 Å². The number of nitrogens with zero attached hydrogens (tertiary/aromatic N) is 2. The lowest BCUT2D eigenvalue weighted by Gasteiger charge is -2.34. The van der Waals surface area contributed by atoms with Gasteiger partial charge in [0.25, 0.3) is 20.2 Å². The molecule has 14 nitrogen and oxygen atoms in total. The van der Waals surface area contributed by atoms with Gasteiger partial charge < -0.3 is 9.64 Å². The van der Waals surface area contributed by atoms with Crippen LogP contribution in [0.3, 0.4) is 0 Å². The summed E-state index contributed by atoms with van der Waals surface area (Å²) in [5, 5.41) is 0.458. The summed E-state index contributed by atoms with van der Waals surface area (Å²) < 4.78 is 68.8. The zero-order valence-electron chi connectivity index (χ0n) is 55.8. The molecule has 0 saturated carbocycles. The summed E-state index contributed by atoms with van der Waals surface area (Å²) in [5.41, 5.74) is 0. The van der Waals surface area contributed by atoms with E-state index in [0.29, 0.717) is 56.9 Å². The summed E-state index contributed by atoms with van der Waals surface area (Å²) in [4.78, 5) is 48.6. The van der Waals surface area contributed by atoms with E-state index in [1.54, 1.807) is 55.4 Å². The Morgan fingerprint density at radius 1 is 0.395 bits per heavy atom. The quantitative estimate of drug-likeness (QED) is 0.0827. The monoisotopic (exact) mass is 1170 g/mol. The SMILES string of the molecule is CC(C)C(=O)C(C)C.CC(C)C(=O)N(C(C)C)C(C)C.CC(C)N(C(C)C)C(C)C.CC(C)OC(=O)C(C)C.CC(C)OS(=O)(=O)C(C)C.CC(C)OS(=O)(=O)C(C)C.CC(C)S(=O)C(C)C.CC(C)SC(=O)C(C)C. The maximum absolute atomic E-state index is 11.7. The lowest BCUT2D eigenvalue weighted by atomic mass is 9.99. The molecule has 0 heterocycles. The minimum Gasteiger partial charge on any atom is -0.463 e. The van der Waals surface area contributed by atoms with Gasteiger partial charge in [0.05, 0.1) is 34.7 Å². The Balaban J connectivity index is -0.000000116. The van der Waals surface area contributed by atoms with Crippen molar-refractivity contribution in [2.45, 2.75) is 324 Å². The van der Waals surface area contributed by atoms with Crippen LogP contribution in [-0.2, 0) is 63.3 Å². The van der Waals surface area contributed by atoms with Gasteiger partial charge in [0.1, 0.15) is 5.78 Å². The number of rotatable bonds is 20. The fourth-order valence-corrected chi connectivity index (χ4v) is 9.24. The van der Waals surface area contributed by atoms with Gasteiger partial charge in [-0.05, 0) is 138 Å². The average Bonchev–Trinajstić information content (AvgIpc) is 3.19. The highest BCUT2D eigenvalue weighted by Gasteiger charge is 2.22. The molecule has 0 aliphatic heterocycles. The largest absolute Gasteiger partial charge is 0.463 e. The lowest BCUT2D eigenvalue weighted by molar-refractivity contribution is -0.151. The number of thioether (sulfide) groups is 1. The number of carbonyl (C=O) groups excluding carboxylic acids is 4. The number of hydrogen-bond acceptors (Lipinski definition) is 14. The predicted octanol–water partition coefficient (Wildman–Crippen LogP) is 14.4. The van der Waals surface area contributed by atoms with Crippen molar-refractivity contribution >= 4 is 65.6 Å². The number of hydrogen-bond donors (Lipinski definition) is 0. The van der Waals surface area contributed by atoms with Gasteiger partial charge in [0.2, 0.25) is 5.91 Å². The third-order valence-corrected chi connectivity index (χ3v) is 15.8. The number of ether oxygens (including phenoxy) is 1. The fourth-order valence-electron chi connectivity index (χ4n) is 5.90. The zero-order valence-corrected chi connectivity index (χ0v) is 59.1. The van der Waals surface area contributed by atoms with E-state index in [0.717, 1.165) is 0 Å². The molecule has 0 radical (unpaired) electrons. The van der Waals surface area contributed by atoms with E-state index < -0.39 is 41.5 Å². The van der Waals surface area contributed by atoms with Gasteiger partial charge in [-0.1, -0.05) is 123 Å². The number of Topliss-reactive ketones (excluding diaryl/α,β-unsaturated/α-hetero) is 1. The first-order chi connectivity index (χ1) is 33.7. The van der Waals surface area contributed by atoms with Crippen LogP contribution < -0.4 is 0 Å². The third-order valence-electron chi connectivity index (χ3n) is 9.17. The normalized spacial score (nSPS) is 11.8. The van der Waals surface area contributed by atoms with E-state index in [4.69, 9.17) is 4.74 Å². The highest BCUT2D eigenvalue weighted by Crippen LogP contribution is 2.16. The molecule has 0 aliphatic rings. The van der Waals surface area contributed by atoms with E-state index >= 15 is 0 Å². The lowest BCUT2D eigenvalue weighted by Crippen LogP contribution is -2.44. The highest BCUT2D eigenvalue weighted by atomic mass is 32.2. The number of ketones is 1. The molecule has 464 valence electrons. The summed E-state index contributed by atoms with van der Waals surface area (Å²) in [6.07, 6.45) is -0.500. The van der Waals surface area contributed by atoms with Crippen molar-refractivity contribution in [3.8, 4) is 0 Å². The van der Waals surface area contributed by atoms with Gasteiger partial charge in [-0.25, -0.2) is 0 Å². The number of carbonyl (C=O) groups is 4. The molecule has 0 atom stereocenters. The van der Waals surface area contributed by atoms with Gasteiger partial charge in [0.15, 0.2) is 5.12 Å². The zero-order chi connectivity index (χ0) is 63.3. The third kappa shape index (κ3) is 57.3. The van der Waals surface area contributed by atoms with Crippen molar-refractivity contribution in [3.63, 3.8) is 0 Å². The van der Waals surface area contributed by atoms with Crippen LogP contribution in [0, 0.1) is 29.6 Å². The van der Waals surface area contributed by atoms with E-state index in [-0.39, 0.29) is 59.8 Å². The first-order valence-corrected chi connectivity index (χ1v) is 33.1. The van der Waals surface area contributed by atoms with Crippen molar-refractivity contribution in [3.05, 3.63) is 0 Å². The first-order valence-electron chi connectivity index (χ1n) is 28.0. The van der Waals surface area contributed by atoms with Crippen LogP contribution in [0.4, 0.5) is 0 Å². The topological polar surface area (TPSA) is 188 Å². The van der Waals surface area contributed by atoms with Gasteiger partial charge in [0, 0.05) is 80.4 Å². The molecule has 18 heteroatoms. The van der Waals surface area contributed by atoms with Crippen molar-refractivity contribution < 1.29 is 53.3 Å². The molecule has 0 unspecified atom stereocenters. The van der Waals surface area contributed by atoms with Crippen molar-refractivity contribution in [2.75, 3.05) is 0 Å². The van der Waals surface area contributed by atoms with Crippen LogP contribution in [0.15, 0.2) is 0 Å². The summed E-state index contributed by atoms with van der Waals surface area (Å²) in [6, 6.07) is 2.61. The maximum Gasteiger partial charge on any atom is 0.308 e. The van der Waals surface area contributed by atoms with Crippen LogP contribution in [0.2, 0.25) is 0 Å². The summed E-state index contributed by atoms with van der Waals surface area (Å²) in [7, 11) is -7.22. The summed E-state index contributed by atoms with van der Waals surface area (Å²) >= 11 is 1.42. The van der Waals surface area contributed by atoms with E-state index in [1.165, 1.54) is 11.8 Å². The first kappa shape index (κ1) is 91.1. The Bertz CT molecular complexity index is 1560. The van der Waals surface area contributed by atoms with E-state index in [1.807, 2.05) is 130 Å². The van der Waals surface area contributed by atoms with Crippen LogP contribution in [0.1, 0.15) is 249 Å². The summed E-state index contributed by atoms with van der Waals surface area (Å²) in [6.45, 7) is 69.7. The molecule has 0 fully saturated rings. The number of esters is 1. The highest BCUT2D eigenvalue weighted by molar-refractivity contribution is 8.14. The molecule has 0 aromatic carbocycles. The summed E-state index contributed by atoms with van der Waals surface area (Å²) in [5.74, 6) is 1.17. The average molecular weight is 1170 g/mol. The van der Waals surface area contributed by atoms with Crippen molar-refractivity contribution in [1.82, 2.24) is 9.80 Å². The van der Waals surface area contributed by atoms with E-state index in [9.17, 15) is 40.2 Å². The molecule has 0 saturated heterocycles. The molecule has 0 spiro atoms. The molecule has 0 bridgehead atoms. The molecule has 0 N–H and O–H groups in total. The second kappa shape index (κ2) is 48.3. The molecule has 0 aromatic rings. The smallest absolute Gasteiger partial charge is 0.308 e. The minimum absolute atomic E-state index is 0.00704. The molecule has 76 heavy (non-hydrogen) atoms. The van der Waals surface area contributed by atoms with Crippen molar-refractivity contribution in [2.24, 2.45) is 29.6 Å². The van der Waals surface area contributed by atoms with Gasteiger partial charge >= 0.3 is 5.97 Å². The Hall–Kier alpha value is -1.44. The molecular weight excluding hydrogens is 1040 g/mol. The van der Waals surface area contributed by atoms with E-state index in [2.05, 4.69) is 82.5 Å². The van der Waals surface area contributed by atoms with Crippen LogP contribution in [0.25, 0.3) is 0 Å². The van der Waals surface area contributed by atoms with Gasteiger partial charge in [-0.15, -0.1) is 0 Å². The molecule has 1 amide bonds. The minimum atomic E-state index is -3.30. The molecule has 0 rings (SSSR count). The maximum atomic E-state index is 11.7. The van der Waals surface area contributed by atoms with Crippen LogP contribution in [-0.4, -0.2) is 128 Å². The Morgan fingerprint density at radius 2 is 0.684 bits per heavy atom. The van der Waals surface area contributed by atoms with Crippen LogP contribution >= 0.6 is 11.8 Å². The standard InChI is InChI=1S/C10H21NO.C9H21N.C7H14O2.C7H14OS.C7H14O.2C6H14O3S.C6H14OS/c1-7(2)10(12)11(8(3)4)9(5)6;1-7(2)10(8(3)4)9(5)6;2*1-5(2)7(8)9-6(3)4;1-5(2)7(8)6(3)4;2*1-5(2)9-10(7,8)6(3)4;1-5(2)8(7)6(3)4/h7-9H,1-6H3;7-9H,1-6H3;2*5-6H,1-4H3;5-6H,1-4H3;2*5-6H,1-4H3;5-6H,1-4H3. The van der Waals surface area contributed by atoms with Gasteiger partial charge in [-0.2, -0.15) is 16.8 Å². The second-order valence-corrected chi connectivity index (χ2v) is 32.0. The number of amides is 1. The molecular formula is C58H126N2O12S4. The Kier molecular flexibility index (Phi) is 57.9. The fraction of sp³-hybridized carbons (Fsp3) is 0.931. The Morgan fingerprint density at radius 3 is 0.737 bits per heavy atom. The molecule has 0 aromatic heterocycles. The van der Waals surface area contributed by atoms with Crippen molar-refractivity contribution in [1.29, 1.82) is 0 Å². The predicted molar refractivity (Wildman–Crippen MR) is 331 cm³/mol. The molecule has 0 aliphatic carbocycles.